The number of phenolic OH excluding ortho intramolecular Hbond substituents is 1. The number of para-hydroxylation sites is 2. The van der Waals surface area contributed by atoms with Gasteiger partial charge in [-0.15, -0.1) is 0 Å². The second-order valence-corrected chi connectivity index (χ2v) is 4.09. The Balaban J connectivity index is 2.80. The maximum Gasteiger partial charge on any atom is 0.317 e. The highest BCUT2D eigenvalue weighted by atomic mass is 16.5. The van der Waals surface area contributed by atoms with E-state index in [4.69, 9.17) is 4.74 Å². The van der Waals surface area contributed by atoms with E-state index in [1.165, 1.54) is 6.07 Å². The molecule has 3 heteroatoms. The van der Waals surface area contributed by atoms with Crippen LogP contribution >= 0.6 is 0 Å². The summed E-state index contributed by atoms with van der Waals surface area (Å²) in [7, 11) is 0. The molecule has 0 radical (unpaired) electrons. The number of phenols is 1. The molecule has 0 aliphatic carbocycles. The molecule has 0 bridgehead atoms. The van der Waals surface area contributed by atoms with Gasteiger partial charge in [0.2, 0.25) is 0 Å². The first-order chi connectivity index (χ1) is 6.97. The molecule has 0 amide bonds. The number of carbonyl (C=O) groups is 1. The number of carbonyl (C=O) groups excluding carboxylic acids is 1. The number of rotatable bonds is 3. The van der Waals surface area contributed by atoms with Crippen molar-refractivity contribution in [1.29, 1.82) is 0 Å². The van der Waals surface area contributed by atoms with Crippen LogP contribution in [0.2, 0.25) is 0 Å². The molecule has 1 aromatic carbocycles. The predicted molar refractivity (Wildman–Crippen MR) is 57.8 cm³/mol. The van der Waals surface area contributed by atoms with Gasteiger partial charge in [-0.25, -0.2) is 0 Å². The van der Waals surface area contributed by atoms with Gasteiger partial charge in [0.1, 0.15) is 0 Å². The topological polar surface area (TPSA) is 46.5 Å². The maximum absolute atomic E-state index is 11.7. The average molecular weight is 208 g/mol. The van der Waals surface area contributed by atoms with E-state index in [1.807, 2.05) is 20.8 Å². The van der Waals surface area contributed by atoms with Crippen LogP contribution < -0.4 is 4.74 Å². The molecule has 1 aromatic rings. The summed E-state index contributed by atoms with van der Waals surface area (Å²) in [6.07, 6.45) is 0.694. The van der Waals surface area contributed by atoms with E-state index in [1.54, 1.807) is 18.2 Å². The average Bonchev–Trinajstić information content (AvgIpc) is 2.21. The molecule has 0 spiro atoms. The van der Waals surface area contributed by atoms with Crippen LogP contribution in [0.1, 0.15) is 27.2 Å². The molecule has 0 atom stereocenters. The van der Waals surface area contributed by atoms with Crippen LogP contribution in [0.15, 0.2) is 24.3 Å². The van der Waals surface area contributed by atoms with Crippen molar-refractivity contribution >= 4 is 5.97 Å². The van der Waals surface area contributed by atoms with Crippen molar-refractivity contribution in [3.05, 3.63) is 24.3 Å². The summed E-state index contributed by atoms with van der Waals surface area (Å²) in [6, 6.07) is 6.44. The zero-order valence-electron chi connectivity index (χ0n) is 9.28. The lowest BCUT2D eigenvalue weighted by Gasteiger charge is -2.20. The van der Waals surface area contributed by atoms with Crippen LogP contribution in [0.3, 0.4) is 0 Å². The SMILES string of the molecule is CCC(C)(C)C(=O)Oc1ccccc1O. The van der Waals surface area contributed by atoms with E-state index in [9.17, 15) is 9.90 Å². The van der Waals surface area contributed by atoms with Crippen molar-refractivity contribution in [2.24, 2.45) is 5.41 Å². The first-order valence-corrected chi connectivity index (χ1v) is 4.97. The van der Waals surface area contributed by atoms with Crippen molar-refractivity contribution < 1.29 is 14.6 Å². The molecule has 0 fully saturated rings. The molecule has 0 aliphatic heterocycles. The zero-order chi connectivity index (χ0) is 11.5. The van der Waals surface area contributed by atoms with Crippen LogP contribution in [0, 0.1) is 5.41 Å². The van der Waals surface area contributed by atoms with Crippen LogP contribution in [-0.2, 0) is 4.79 Å². The molecule has 0 aliphatic rings. The van der Waals surface area contributed by atoms with E-state index in [2.05, 4.69) is 0 Å². The smallest absolute Gasteiger partial charge is 0.317 e. The molecule has 0 saturated heterocycles. The Bertz CT molecular complexity index is 356. The van der Waals surface area contributed by atoms with Crippen LogP contribution in [-0.4, -0.2) is 11.1 Å². The largest absolute Gasteiger partial charge is 0.504 e. The third-order valence-corrected chi connectivity index (χ3v) is 2.50. The van der Waals surface area contributed by atoms with E-state index in [0.717, 1.165) is 0 Å². The molecule has 1 rings (SSSR count). The van der Waals surface area contributed by atoms with Crippen LogP contribution in [0.5, 0.6) is 11.5 Å². The summed E-state index contributed by atoms with van der Waals surface area (Å²) in [5.41, 5.74) is -0.526. The fraction of sp³-hybridized carbons (Fsp3) is 0.417. The van der Waals surface area contributed by atoms with Gasteiger partial charge >= 0.3 is 5.97 Å². The van der Waals surface area contributed by atoms with Gasteiger partial charge in [-0.05, 0) is 32.4 Å². The lowest BCUT2D eigenvalue weighted by Crippen LogP contribution is -2.28. The lowest BCUT2D eigenvalue weighted by atomic mass is 9.91. The number of aromatic hydroxyl groups is 1. The third kappa shape index (κ3) is 2.72. The van der Waals surface area contributed by atoms with Gasteiger partial charge in [0.05, 0.1) is 5.41 Å². The zero-order valence-corrected chi connectivity index (χ0v) is 9.28. The Labute approximate surface area is 89.7 Å². The number of benzene rings is 1. The number of hydrogen-bond donors (Lipinski definition) is 1. The molecular formula is C12H16O3. The second-order valence-electron chi connectivity index (χ2n) is 4.09. The summed E-state index contributed by atoms with van der Waals surface area (Å²) in [5.74, 6) is -0.131. The number of ether oxygens (including phenoxy) is 1. The van der Waals surface area contributed by atoms with Crippen molar-refractivity contribution in [1.82, 2.24) is 0 Å². The van der Waals surface area contributed by atoms with Gasteiger partial charge in [0.25, 0.3) is 0 Å². The fourth-order valence-corrected chi connectivity index (χ4v) is 0.926. The number of hydrogen-bond acceptors (Lipinski definition) is 3. The summed E-state index contributed by atoms with van der Waals surface area (Å²) < 4.78 is 5.11. The molecule has 0 aromatic heterocycles. The molecule has 3 nitrogen and oxygen atoms in total. The Morgan fingerprint density at radius 1 is 1.40 bits per heavy atom. The summed E-state index contributed by atoms with van der Waals surface area (Å²) >= 11 is 0. The summed E-state index contributed by atoms with van der Waals surface area (Å²) in [4.78, 5) is 11.7. The first-order valence-electron chi connectivity index (χ1n) is 4.97. The molecular weight excluding hydrogens is 192 g/mol. The summed E-state index contributed by atoms with van der Waals surface area (Å²) in [6.45, 7) is 5.55. The Kier molecular flexibility index (Phi) is 3.35. The molecule has 1 N–H and O–H groups in total. The minimum atomic E-state index is -0.526. The molecule has 0 heterocycles. The van der Waals surface area contributed by atoms with Crippen molar-refractivity contribution in [2.45, 2.75) is 27.2 Å². The minimum absolute atomic E-state index is 0.0160. The van der Waals surface area contributed by atoms with Crippen LogP contribution in [0.25, 0.3) is 0 Å². The van der Waals surface area contributed by atoms with Crippen LogP contribution in [0.4, 0.5) is 0 Å². The number of esters is 1. The fourth-order valence-electron chi connectivity index (χ4n) is 0.926. The second kappa shape index (κ2) is 4.34. The predicted octanol–water partition coefficient (Wildman–Crippen LogP) is 2.73. The Morgan fingerprint density at radius 2 is 2.00 bits per heavy atom. The lowest BCUT2D eigenvalue weighted by molar-refractivity contribution is -0.144. The van der Waals surface area contributed by atoms with E-state index < -0.39 is 5.41 Å². The minimum Gasteiger partial charge on any atom is -0.504 e. The highest BCUT2D eigenvalue weighted by Crippen LogP contribution is 2.28. The highest BCUT2D eigenvalue weighted by molar-refractivity contribution is 5.78. The molecule has 15 heavy (non-hydrogen) atoms. The normalized spacial score (nSPS) is 11.1. The van der Waals surface area contributed by atoms with Gasteiger partial charge in [0.15, 0.2) is 11.5 Å². The quantitative estimate of drug-likeness (QED) is 0.613. The molecule has 0 saturated carbocycles. The van der Waals surface area contributed by atoms with Gasteiger partial charge < -0.3 is 9.84 Å². The monoisotopic (exact) mass is 208 g/mol. The van der Waals surface area contributed by atoms with E-state index in [-0.39, 0.29) is 17.5 Å². The molecule has 82 valence electrons. The maximum atomic E-state index is 11.7. The molecule has 0 unspecified atom stereocenters. The first kappa shape index (κ1) is 11.6. The van der Waals surface area contributed by atoms with Gasteiger partial charge in [-0.3, -0.25) is 4.79 Å². The van der Waals surface area contributed by atoms with Crippen molar-refractivity contribution in [3.63, 3.8) is 0 Å². The highest BCUT2D eigenvalue weighted by Gasteiger charge is 2.28. The van der Waals surface area contributed by atoms with E-state index in [0.29, 0.717) is 6.42 Å². The van der Waals surface area contributed by atoms with Gasteiger partial charge in [-0.1, -0.05) is 19.1 Å². The third-order valence-electron chi connectivity index (χ3n) is 2.50. The van der Waals surface area contributed by atoms with E-state index >= 15 is 0 Å². The Morgan fingerprint density at radius 3 is 2.53 bits per heavy atom. The van der Waals surface area contributed by atoms with Gasteiger partial charge in [-0.2, -0.15) is 0 Å². The summed E-state index contributed by atoms with van der Waals surface area (Å²) in [5, 5.41) is 9.42. The Hall–Kier alpha value is -1.51. The van der Waals surface area contributed by atoms with Gasteiger partial charge in [0, 0.05) is 0 Å². The standard InChI is InChI=1S/C12H16O3/c1-4-12(2,3)11(14)15-10-8-6-5-7-9(10)13/h5-8,13H,4H2,1-3H3. The van der Waals surface area contributed by atoms with Crippen molar-refractivity contribution in [2.75, 3.05) is 0 Å². The van der Waals surface area contributed by atoms with Crippen molar-refractivity contribution in [3.8, 4) is 11.5 Å².